The molecule has 2 amide bonds. The van der Waals surface area contributed by atoms with E-state index in [4.69, 9.17) is 9.47 Å². The normalized spacial score (nSPS) is 18.0. The number of nitrogens with zero attached hydrogens (tertiary/aromatic N) is 1. The van der Waals surface area contributed by atoms with Crippen LogP contribution in [0.1, 0.15) is 37.1 Å². The lowest BCUT2D eigenvalue weighted by Crippen LogP contribution is -2.28. The Labute approximate surface area is 174 Å². The Kier molecular flexibility index (Phi) is 5.94. The van der Waals surface area contributed by atoms with E-state index in [1.165, 1.54) is 0 Å². The van der Waals surface area contributed by atoms with Gasteiger partial charge >= 0.3 is 0 Å². The molecule has 4 rings (SSSR count). The van der Waals surface area contributed by atoms with Crippen molar-refractivity contribution in [3.05, 3.63) is 48.0 Å². The van der Waals surface area contributed by atoms with Gasteiger partial charge in [-0.3, -0.25) is 14.5 Å². The number of hydrogen-bond acceptors (Lipinski definition) is 5. The summed E-state index contributed by atoms with van der Waals surface area (Å²) in [6, 6.07) is 13.3. The third-order valence-electron chi connectivity index (χ3n) is 4.93. The fourth-order valence-corrected chi connectivity index (χ4v) is 4.70. The van der Waals surface area contributed by atoms with Gasteiger partial charge in [0.05, 0.1) is 5.75 Å². The molecule has 1 atom stereocenters. The minimum atomic E-state index is -0.215. The van der Waals surface area contributed by atoms with Crippen LogP contribution in [0.5, 0.6) is 11.5 Å². The molecule has 0 aromatic heterocycles. The first-order valence-corrected chi connectivity index (χ1v) is 10.9. The number of fused-ring (bicyclic) bond motifs is 1. The molecule has 0 saturated carbocycles. The van der Waals surface area contributed by atoms with Crippen LogP contribution in [0.4, 0.5) is 11.4 Å². The van der Waals surface area contributed by atoms with Gasteiger partial charge in [-0.05, 0) is 24.6 Å². The van der Waals surface area contributed by atoms with Gasteiger partial charge in [0.15, 0.2) is 11.5 Å². The first-order chi connectivity index (χ1) is 14.2. The van der Waals surface area contributed by atoms with Crippen LogP contribution in [-0.4, -0.2) is 30.8 Å². The largest absolute Gasteiger partial charge is 0.486 e. The molecule has 0 aliphatic carbocycles. The van der Waals surface area contributed by atoms with Gasteiger partial charge in [0, 0.05) is 29.4 Å². The molecule has 1 N–H and O–H groups in total. The fraction of sp³-hybridized carbons (Fsp3) is 0.364. The number of thioether (sulfide) groups is 1. The Morgan fingerprint density at radius 2 is 1.97 bits per heavy atom. The molecule has 1 saturated heterocycles. The van der Waals surface area contributed by atoms with E-state index in [0.717, 1.165) is 29.8 Å². The van der Waals surface area contributed by atoms with Crippen molar-refractivity contribution in [2.45, 2.75) is 31.6 Å². The van der Waals surface area contributed by atoms with Gasteiger partial charge in [0.2, 0.25) is 11.8 Å². The molecule has 29 heavy (non-hydrogen) atoms. The van der Waals surface area contributed by atoms with Crippen LogP contribution in [0.3, 0.4) is 0 Å². The molecule has 0 bridgehead atoms. The van der Waals surface area contributed by atoms with Gasteiger partial charge in [-0.15, -0.1) is 11.8 Å². The monoisotopic (exact) mass is 412 g/mol. The molecular weight excluding hydrogens is 388 g/mol. The number of unbranched alkanes of at least 4 members (excludes halogenated alkanes) is 1. The van der Waals surface area contributed by atoms with Gasteiger partial charge < -0.3 is 14.8 Å². The molecule has 2 aliphatic rings. The van der Waals surface area contributed by atoms with E-state index in [-0.39, 0.29) is 17.2 Å². The minimum Gasteiger partial charge on any atom is -0.486 e. The third kappa shape index (κ3) is 4.19. The Hall–Kier alpha value is -2.67. The fourth-order valence-electron chi connectivity index (χ4n) is 3.49. The maximum Gasteiger partial charge on any atom is 0.238 e. The molecule has 0 spiro atoms. The summed E-state index contributed by atoms with van der Waals surface area (Å²) in [5, 5.41) is 2.81. The van der Waals surface area contributed by atoms with Crippen molar-refractivity contribution in [2.75, 3.05) is 29.2 Å². The zero-order chi connectivity index (χ0) is 20.2. The molecule has 2 aromatic carbocycles. The van der Waals surface area contributed by atoms with Crippen molar-refractivity contribution in [1.82, 2.24) is 0 Å². The maximum absolute atomic E-state index is 12.7. The van der Waals surface area contributed by atoms with E-state index in [1.807, 2.05) is 42.5 Å². The van der Waals surface area contributed by atoms with Crippen molar-refractivity contribution >= 4 is 35.0 Å². The molecule has 0 radical (unpaired) electrons. The number of nitrogens with one attached hydrogen (secondary N) is 1. The highest BCUT2D eigenvalue weighted by Crippen LogP contribution is 2.46. The average molecular weight is 413 g/mol. The summed E-state index contributed by atoms with van der Waals surface area (Å²) in [5.74, 6) is 1.76. The number of benzene rings is 2. The molecule has 6 nitrogen and oxygen atoms in total. The summed E-state index contributed by atoms with van der Waals surface area (Å²) < 4.78 is 11.3. The van der Waals surface area contributed by atoms with E-state index in [0.29, 0.717) is 36.9 Å². The van der Waals surface area contributed by atoms with Gasteiger partial charge in [-0.25, -0.2) is 0 Å². The molecule has 152 valence electrons. The van der Waals surface area contributed by atoms with Crippen LogP contribution in [0, 0.1) is 0 Å². The number of rotatable bonds is 6. The standard InChI is InChI=1S/C22H24N2O4S/c1-2-3-8-20(25)23-17-7-5-4-6-16(17)22-24(21(26)14-29-22)15-9-10-18-19(13-15)28-12-11-27-18/h4-7,9-10,13,22H,2-3,8,11-12,14H2,1H3,(H,23,25). The van der Waals surface area contributed by atoms with Crippen molar-refractivity contribution in [3.8, 4) is 11.5 Å². The Balaban J connectivity index is 1.63. The lowest BCUT2D eigenvalue weighted by molar-refractivity contribution is -0.116. The number of carbonyl (C=O) groups is 2. The van der Waals surface area contributed by atoms with Gasteiger partial charge in [0.25, 0.3) is 0 Å². The lowest BCUT2D eigenvalue weighted by Gasteiger charge is -2.27. The second-order valence-corrected chi connectivity index (χ2v) is 8.06. The molecule has 2 aromatic rings. The quantitative estimate of drug-likeness (QED) is 0.763. The second kappa shape index (κ2) is 8.78. The number of amides is 2. The molecule has 7 heteroatoms. The van der Waals surface area contributed by atoms with Gasteiger partial charge in [0.1, 0.15) is 18.6 Å². The predicted molar refractivity (Wildman–Crippen MR) is 115 cm³/mol. The number of ether oxygens (including phenoxy) is 2. The molecule has 2 aliphatic heterocycles. The molecule has 2 heterocycles. The van der Waals surface area contributed by atoms with E-state index in [1.54, 1.807) is 16.7 Å². The summed E-state index contributed by atoms with van der Waals surface area (Å²) in [5.41, 5.74) is 2.44. The van der Waals surface area contributed by atoms with Crippen LogP contribution in [0.15, 0.2) is 42.5 Å². The Bertz CT molecular complexity index is 917. The van der Waals surface area contributed by atoms with E-state index in [9.17, 15) is 9.59 Å². The Morgan fingerprint density at radius 1 is 1.17 bits per heavy atom. The lowest BCUT2D eigenvalue weighted by atomic mass is 10.1. The van der Waals surface area contributed by atoms with Crippen molar-refractivity contribution in [1.29, 1.82) is 0 Å². The predicted octanol–water partition coefficient (Wildman–Crippen LogP) is 4.37. The Morgan fingerprint density at radius 3 is 2.79 bits per heavy atom. The summed E-state index contributed by atoms with van der Waals surface area (Å²) in [7, 11) is 0. The smallest absolute Gasteiger partial charge is 0.238 e. The van der Waals surface area contributed by atoms with Crippen LogP contribution in [0.2, 0.25) is 0 Å². The first-order valence-electron chi connectivity index (χ1n) is 9.89. The second-order valence-electron chi connectivity index (χ2n) is 6.99. The van der Waals surface area contributed by atoms with Crippen molar-refractivity contribution in [2.24, 2.45) is 0 Å². The molecule has 1 fully saturated rings. The number of anilines is 2. The highest BCUT2D eigenvalue weighted by molar-refractivity contribution is 8.00. The molecular formula is C22H24N2O4S. The van der Waals surface area contributed by atoms with Gasteiger partial charge in [-0.1, -0.05) is 31.5 Å². The zero-order valence-electron chi connectivity index (χ0n) is 16.3. The number of hydrogen-bond donors (Lipinski definition) is 1. The highest BCUT2D eigenvalue weighted by atomic mass is 32.2. The van der Waals surface area contributed by atoms with E-state index in [2.05, 4.69) is 12.2 Å². The van der Waals surface area contributed by atoms with Crippen LogP contribution in [-0.2, 0) is 9.59 Å². The van der Waals surface area contributed by atoms with Crippen LogP contribution < -0.4 is 19.7 Å². The average Bonchev–Trinajstić information content (AvgIpc) is 3.13. The van der Waals surface area contributed by atoms with Gasteiger partial charge in [-0.2, -0.15) is 0 Å². The zero-order valence-corrected chi connectivity index (χ0v) is 17.2. The highest BCUT2D eigenvalue weighted by Gasteiger charge is 2.36. The topological polar surface area (TPSA) is 67.9 Å². The van der Waals surface area contributed by atoms with Crippen LogP contribution in [0.25, 0.3) is 0 Å². The van der Waals surface area contributed by atoms with Crippen molar-refractivity contribution < 1.29 is 19.1 Å². The summed E-state index contributed by atoms with van der Waals surface area (Å²) in [6.45, 7) is 3.08. The van der Waals surface area contributed by atoms with E-state index < -0.39 is 0 Å². The number of para-hydroxylation sites is 1. The summed E-state index contributed by atoms with van der Waals surface area (Å²) in [6.07, 6.45) is 2.32. The first kappa shape index (κ1) is 19.6. The van der Waals surface area contributed by atoms with Crippen molar-refractivity contribution in [3.63, 3.8) is 0 Å². The maximum atomic E-state index is 12.7. The van der Waals surface area contributed by atoms with E-state index >= 15 is 0 Å². The number of carbonyl (C=O) groups excluding carboxylic acids is 2. The third-order valence-corrected chi connectivity index (χ3v) is 6.12. The van der Waals surface area contributed by atoms with Crippen LogP contribution >= 0.6 is 11.8 Å². The summed E-state index contributed by atoms with van der Waals surface area (Å²) >= 11 is 1.56. The minimum absolute atomic E-state index is 0.000460. The molecule has 1 unspecified atom stereocenters. The SMILES string of the molecule is CCCCC(=O)Nc1ccccc1C1SCC(=O)N1c1ccc2c(c1)OCCO2. The summed E-state index contributed by atoms with van der Waals surface area (Å²) in [4.78, 5) is 26.8.